The molecule has 0 aliphatic carbocycles. The van der Waals surface area contributed by atoms with Gasteiger partial charge in [0, 0.05) is 17.5 Å². The highest BCUT2D eigenvalue weighted by atomic mass is 35.5. The summed E-state index contributed by atoms with van der Waals surface area (Å²) < 4.78 is 82.3. The van der Waals surface area contributed by atoms with E-state index in [1.165, 1.54) is 30.3 Å². The van der Waals surface area contributed by atoms with E-state index in [1.807, 2.05) is 0 Å². The molecule has 0 heterocycles. The van der Waals surface area contributed by atoms with Gasteiger partial charge in [-0.25, -0.2) is 18.0 Å². The maximum absolute atomic E-state index is 13.7. The van der Waals surface area contributed by atoms with Gasteiger partial charge in [-0.1, -0.05) is 17.7 Å². The van der Waals surface area contributed by atoms with Crippen molar-refractivity contribution in [2.45, 2.75) is 12.5 Å². The number of urea groups is 1. The lowest BCUT2D eigenvalue weighted by Gasteiger charge is -2.18. The summed E-state index contributed by atoms with van der Waals surface area (Å²) in [6.07, 6.45) is -8.66. The Balaban J connectivity index is 1.67. The van der Waals surface area contributed by atoms with E-state index in [4.69, 9.17) is 23.4 Å². The number of hydrogen-bond donors (Lipinski definition) is 2. The van der Waals surface area contributed by atoms with Crippen molar-refractivity contribution in [1.29, 1.82) is 0 Å². The van der Waals surface area contributed by atoms with E-state index in [-0.39, 0.29) is 16.4 Å². The average molecular weight is 552 g/mol. The predicted octanol–water partition coefficient (Wildman–Crippen LogP) is 7.11. The summed E-state index contributed by atoms with van der Waals surface area (Å²) in [6.45, 7) is 0. The van der Waals surface area contributed by atoms with E-state index < -0.39 is 47.4 Å². The quantitative estimate of drug-likeness (QED) is 0.242. The third-order valence-corrected chi connectivity index (χ3v) is 5.07. The second-order valence-corrected chi connectivity index (χ2v) is 7.66. The van der Waals surface area contributed by atoms with Crippen LogP contribution in [-0.4, -0.2) is 24.5 Å². The van der Waals surface area contributed by atoms with Crippen LogP contribution in [0, 0.1) is 11.6 Å². The molecule has 2 N–H and O–H groups in total. The van der Waals surface area contributed by atoms with Crippen molar-refractivity contribution in [3.05, 3.63) is 82.9 Å². The Bertz CT molecular complexity index is 1260. The summed E-state index contributed by atoms with van der Waals surface area (Å²) in [7, 11) is 0. The van der Waals surface area contributed by atoms with E-state index in [0.717, 1.165) is 30.3 Å². The van der Waals surface area contributed by atoms with Crippen LogP contribution < -0.4 is 19.8 Å². The van der Waals surface area contributed by atoms with E-state index in [9.17, 15) is 35.9 Å². The molecule has 0 atom stereocenters. The van der Waals surface area contributed by atoms with Gasteiger partial charge in [-0.15, -0.1) is 0 Å². The fourth-order valence-corrected chi connectivity index (χ4v) is 3.10. The number of amides is 3. The predicted molar refractivity (Wildman–Crippen MR) is 120 cm³/mol. The first kappa shape index (κ1) is 27.0. The summed E-state index contributed by atoms with van der Waals surface area (Å²) in [4.78, 5) is 24.3. The SMILES string of the molecule is O=C(NC(=O)N(Cl)c1ccc(Nc2ccc(OC(F)(F)C(F)F)cc2)c(Cl)c1)c1c(F)cccc1F. The van der Waals surface area contributed by atoms with Gasteiger partial charge in [0.2, 0.25) is 0 Å². The van der Waals surface area contributed by atoms with Gasteiger partial charge in [-0.3, -0.25) is 10.1 Å². The fraction of sp³-hybridized carbons (Fsp3) is 0.0909. The summed E-state index contributed by atoms with van der Waals surface area (Å²) >= 11 is 12.1. The van der Waals surface area contributed by atoms with Gasteiger partial charge in [0.25, 0.3) is 5.91 Å². The molecule has 0 unspecified atom stereocenters. The highest BCUT2D eigenvalue weighted by Crippen LogP contribution is 2.32. The Morgan fingerprint density at radius 3 is 2.14 bits per heavy atom. The van der Waals surface area contributed by atoms with Crippen molar-refractivity contribution in [2.24, 2.45) is 0 Å². The minimum atomic E-state index is -4.65. The molecule has 14 heteroatoms. The zero-order chi connectivity index (χ0) is 26.6. The minimum Gasteiger partial charge on any atom is -0.428 e. The second kappa shape index (κ2) is 11.0. The topological polar surface area (TPSA) is 70.7 Å². The number of nitrogens with zero attached hydrogens (tertiary/aromatic N) is 1. The van der Waals surface area contributed by atoms with E-state index in [0.29, 0.717) is 10.1 Å². The monoisotopic (exact) mass is 551 g/mol. The first-order valence-corrected chi connectivity index (χ1v) is 10.4. The molecular weight excluding hydrogens is 539 g/mol. The van der Waals surface area contributed by atoms with E-state index >= 15 is 0 Å². The molecule has 0 aromatic heterocycles. The number of hydrogen-bond acceptors (Lipinski definition) is 4. The molecule has 3 aromatic rings. The second-order valence-electron chi connectivity index (χ2n) is 6.91. The van der Waals surface area contributed by atoms with Crippen molar-refractivity contribution < 1.29 is 40.7 Å². The maximum atomic E-state index is 13.7. The standard InChI is InChI=1S/C22H13Cl2F6N3O3/c23-14-10-12(33(24)21(35)32-19(34)18-15(25)2-1-3-16(18)26)6-9-17(14)31-11-4-7-13(8-5-11)36-22(29,30)20(27)28/h1-10,20,31H,(H,32,34,35). The summed E-state index contributed by atoms with van der Waals surface area (Å²) in [5.74, 6) is -4.21. The van der Waals surface area contributed by atoms with Crippen molar-refractivity contribution in [1.82, 2.24) is 5.32 Å². The molecule has 3 amide bonds. The summed E-state index contributed by atoms with van der Waals surface area (Å²) in [6, 6.07) is 9.96. The van der Waals surface area contributed by atoms with Crippen molar-refractivity contribution in [3.63, 3.8) is 0 Å². The third-order valence-electron chi connectivity index (χ3n) is 4.41. The van der Waals surface area contributed by atoms with Crippen LogP contribution in [0.4, 0.5) is 48.2 Å². The lowest BCUT2D eigenvalue weighted by molar-refractivity contribution is -0.253. The molecule has 36 heavy (non-hydrogen) atoms. The lowest BCUT2D eigenvalue weighted by Crippen LogP contribution is -2.39. The van der Waals surface area contributed by atoms with Gasteiger partial charge < -0.3 is 10.1 Å². The zero-order valence-corrected chi connectivity index (χ0v) is 19.1. The average Bonchev–Trinajstić information content (AvgIpc) is 2.80. The van der Waals surface area contributed by atoms with E-state index in [2.05, 4.69) is 10.1 Å². The lowest BCUT2D eigenvalue weighted by atomic mass is 10.2. The first-order valence-electron chi connectivity index (χ1n) is 9.66. The Morgan fingerprint density at radius 1 is 0.972 bits per heavy atom. The number of imide groups is 1. The molecule has 3 rings (SSSR count). The van der Waals surface area contributed by atoms with Gasteiger partial charge >= 0.3 is 18.6 Å². The van der Waals surface area contributed by atoms with Crippen LogP contribution in [0.2, 0.25) is 5.02 Å². The van der Waals surface area contributed by atoms with Crippen LogP contribution in [0.5, 0.6) is 5.75 Å². The molecule has 0 radical (unpaired) electrons. The number of carbonyl (C=O) groups excluding carboxylic acids is 2. The maximum Gasteiger partial charge on any atom is 0.461 e. The van der Waals surface area contributed by atoms with Gasteiger partial charge in [0.05, 0.1) is 16.4 Å². The minimum absolute atomic E-state index is 0.0157. The van der Waals surface area contributed by atoms with Crippen molar-refractivity contribution in [2.75, 3.05) is 9.74 Å². The Kier molecular flexibility index (Phi) is 8.21. The molecule has 0 fully saturated rings. The van der Waals surface area contributed by atoms with Crippen LogP contribution in [0.15, 0.2) is 60.7 Å². The Hall–Kier alpha value is -3.64. The van der Waals surface area contributed by atoms with Crippen LogP contribution in [0.1, 0.15) is 10.4 Å². The molecule has 0 aliphatic rings. The summed E-state index contributed by atoms with van der Waals surface area (Å²) in [5, 5.41) is 4.58. The number of rotatable bonds is 7. The highest BCUT2D eigenvalue weighted by Gasteiger charge is 2.43. The van der Waals surface area contributed by atoms with Gasteiger partial charge in [0.1, 0.15) is 22.9 Å². The zero-order valence-electron chi connectivity index (χ0n) is 17.5. The highest BCUT2D eigenvalue weighted by molar-refractivity contribution is 6.38. The molecule has 0 saturated heterocycles. The first-order chi connectivity index (χ1) is 16.9. The molecule has 0 bridgehead atoms. The van der Waals surface area contributed by atoms with Gasteiger partial charge in [-0.05, 0) is 54.6 Å². The van der Waals surface area contributed by atoms with Crippen LogP contribution in [-0.2, 0) is 0 Å². The molecule has 3 aromatic carbocycles. The molecule has 190 valence electrons. The van der Waals surface area contributed by atoms with Crippen molar-refractivity contribution in [3.8, 4) is 5.75 Å². The molecule has 6 nitrogen and oxygen atoms in total. The third kappa shape index (κ3) is 6.32. The van der Waals surface area contributed by atoms with Crippen LogP contribution >= 0.6 is 23.4 Å². The number of nitrogens with one attached hydrogen (secondary N) is 2. The smallest absolute Gasteiger partial charge is 0.428 e. The number of alkyl halides is 4. The normalized spacial score (nSPS) is 11.2. The van der Waals surface area contributed by atoms with Crippen LogP contribution in [0.3, 0.4) is 0 Å². The Morgan fingerprint density at radius 2 is 1.58 bits per heavy atom. The number of halogens is 8. The number of benzene rings is 3. The fourth-order valence-electron chi connectivity index (χ4n) is 2.73. The summed E-state index contributed by atoms with van der Waals surface area (Å²) in [5.41, 5.74) is -0.412. The number of carbonyl (C=O) groups is 2. The number of anilines is 3. The Labute approximate surface area is 209 Å². The molecule has 0 spiro atoms. The van der Waals surface area contributed by atoms with Gasteiger partial charge in [-0.2, -0.15) is 17.6 Å². The molecule has 0 saturated carbocycles. The number of ether oxygens (including phenoxy) is 1. The van der Waals surface area contributed by atoms with Gasteiger partial charge in [0.15, 0.2) is 0 Å². The largest absolute Gasteiger partial charge is 0.461 e. The van der Waals surface area contributed by atoms with Crippen LogP contribution in [0.25, 0.3) is 0 Å². The van der Waals surface area contributed by atoms with E-state index in [1.54, 1.807) is 5.32 Å². The van der Waals surface area contributed by atoms with Crippen molar-refractivity contribution >= 4 is 52.4 Å². The molecule has 0 aliphatic heterocycles. The molecular formula is C22H13Cl2F6N3O3.